The van der Waals surface area contributed by atoms with Crippen molar-refractivity contribution in [2.75, 3.05) is 13.2 Å². The predicted molar refractivity (Wildman–Crippen MR) is 111 cm³/mol. The van der Waals surface area contributed by atoms with Crippen molar-refractivity contribution in [1.29, 1.82) is 0 Å². The number of hydrogen-bond donors (Lipinski definition) is 2. The van der Waals surface area contributed by atoms with Crippen LogP contribution in [0.15, 0.2) is 40.9 Å². The highest BCUT2D eigenvalue weighted by atomic mass is 79.9. The van der Waals surface area contributed by atoms with Gasteiger partial charge in [-0.05, 0) is 29.8 Å². The zero-order valence-electron chi connectivity index (χ0n) is 16.0. The third kappa shape index (κ3) is 2.79. The molecule has 0 saturated heterocycles. The first-order valence-electron chi connectivity index (χ1n) is 9.15. The summed E-state index contributed by atoms with van der Waals surface area (Å²) in [5.74, 6) is 0.479. The lowest BCUT2D eigenvalue weighted by Crippen LogP contribution is -2.32. The Labute approximate surface area is 171 Å². The van der Waals surface area contributed by atoms with Crippen LogP contribution in [-0.4, -0.2) is 39.9 Å². The van der Waals surface area contributed by atoms with Crippen molar-refractivity contribution < 1.29 is 19.7 Å². The summed E-state index contributed by atoms with van der Waals surface area (Å²) < 4.78 is 8.64. The number of benzene rings is 2. The zero-order chi connectivity index (χ0) is 20.2. The lowest BCUT2D eigenvalue weighted by Gasteiger charge is -2.33. The molecule has 1 aliphatic carbocycles. The summed E-state index contributed by atoms with van der Waals surface area (Å²) in [4.78, 5) is 13.5. The summed E-state index contributed by atoms with van der Waals surface area (Å²) >= 11 is 3.52. The monoisotopic (exact) mass is 443 g/mol. The molecule has 4 rings (SSSR count). The van der Waals surface area contributed by atoms with Crippen LogP contribution in [0.2, 0.25) is 0 Å². The molecule has 2 aromatic carbocycles. The minimum Gasteiger partial charge on any atom is -0.491 e. The van der Waals surface area contributed by atoms with Gasteiger partial charge < -0.3 is 19.5 Å². The van der Waals surface area contributed by atoms with Crippen LogP contribution in [0.1, 0.15) is 41.0 Å². The Balaban J connectivity index is 1.88. The van der Waals surface area contributed by atoms with Crippen LogP contribution in [0.25, 0.3) is 10.9 Å². The van der Waals surface area contributed by atoms with E-state index in [0.717, 1.165) is 32.2 Å². The molecule has 2 N–H and O–H groups in total. The molecule has 1 aliphatic rings. The Hall–Kier alpha value is -2.15. The van der Waals surface area contributed by atoms with E-state index in [0.29, 0.717) is 11.3 Å². The molecule has 0 aliphatic heterocycles. The van der Waals surface area contributed by atoms with Crippen LogP contribution in [0.5, 0.6) is 5.75 Å². The number of rotatable bonds is 4. The molecule has 0 saturated carbocycles. The Bertz CT molecular complexity index is 1100. The molecular weight excluding hydrogens is 422 g/mol. The van der Waals surface area contributed by atoms with Crippen LogP contribution in [-0.2, 0) is 12.5 Å². The molecular formula is C22H22BrNO4. The third-order valence-corrected chi connectivity index (χ3v) is 6.04. The Morgan fingerprint density at radius 2 is 1.96 bits per heavy atom. The van der Waals surface area contributed by atoms with Crippen molar-refractivity contribution in [1.82, 2.24) is 4.57 Å². The molecule has 1 atom stereocenters. The largest absolute Gasteiger partial charge is 0.491 e. The highest BCUT2D eigenvalue weighted by Crippen LogP contribution is 2.46. The van der Waals surface area contributed by atoms with Gasteiger partial charge in [-0.25, -0.2) is 0 Å². The summed E-state index contributed by atoms with van der Waals surface area (Å²) in [7, 11) is 2.00. The second-order valence-corrected chi connectivity index (χ2v) is 8.67. The quantitative estimate of drug-likeness (QED) is 0.646. The molecule has 28 heavy (non-hydrogen) atoms. The Kier molecular flexibility index (Phi) is 4.61. The van der Waals surface area contributed by atoms with E-state index < -0.39 is 6.10 Å². The fraction of sp³-hybridized carbons (Fsp3) is 0.318. The van der Waals surface area contributed by atoms with Crippen LogP contribution < -0.4 is 4.74 Å². The van der Waals surface area contributed by atoms with Gasteiger partial charge in [-0.2, -0.15) is 0 Å². The second kappa shape index (κ2) is 6.72. The molecule has 0 spiro atoms. The topological polar surface area (TPSA) is 71.7 Å². The van der Waals surface area contributed by atoms with Gasteiger partial charge in [-0.15, -0.1) is 0 Å². The number of ether oxygens (including phenoxy) is 1. The van der Waals surface area contributed by atoms with Gasteiger partial charge in [0.05, 0.1) is 12.2 Å². The summed E-state index contributed by atoms with van der Waals surface area (Å²) in [6.45, 7) is 3.86. The Morgan fingerprint density at radius 3 is 2.68 bits per heavy atom. The first-order valence-corrected chi connectivity index (χ1v) is 9.94. The maximum absolute atomic E-state index is 13.5. The lowest BCUT2D eigenvalue weighted by molar-refractivity contribution is 0.0535. The first-order chi connectivity index (χ1) is 13.3. The van der Waals surface area contributed by atoms with Crippen molar-refractivity contribution in [3.63, 3.8) is 0 Å². The number of aromatic nitrogens is 1. The van der Waals surface area contributed by atoms with E-state index >= 15 is 0 Å². The molecule has 1 heterocycles. The van der Waals surface area contributed by atoms with Gasteiger partial charge in [0, 0.05) is 39.1 Å². The number of hydrogen-bond acceptors (Lipinski definition) is 4. The van der Waals surface area contributed by atoms with Crippen molar-refractivity contribution in [3.05, 3.63) is 63.3 Å². The van der Waals surface area contributed by atoms with Gasteiger partial charge in [-0.3, -0.25) is 4.79 Å². The molecule has 0 radical (unpaired) electrons. The highest BCUT2D eigenvalue weighted by Gasteiger charge is 2.41. The van der Waals surface area contributed by atoms with Crippen molar-refractivity contribution in [3.8, 4) is 5.75 Å². The number of nitrogens with zero attached hydrogens (tertiary/aromatic N) is 1. The number of aliphatic hydroxyl groups excluding tert-OH is 2. The van der Waals surface area contributed by atoms with Crippen molar-refractivity contribution in [2.45, 2.75) is 25.4 Å². The summed E-state index contributed by atoms with van der Waals surface area (Å²) in [5.41, 5.74) is 3.95. The zero-order valence-corrected chi connectivity index (χ0v) is 17.6. The van der Waals surface area contributed by atoms with Crippen molar-refractivity contribution in [2.24, 2.45) is 7.05 Å². The van der Waals surface area contributed by atoms with E-state index in [9.17, 15) is 9.90 Å². The highest BCUT2D eigenvalue weighted by molar-refractivity contribution is 9.10. The van der Waals surface area contributed by atoms with Gasteiger partial charge >= 0.3 is 0 Å². The predicted octanol–water partition coefficient (Wildman–Crippen LogP) is 3.54. The molecule has 0 unspecified atom stereocenters. The number of carbonyl (C=O) groups excluding carboxylic acids is 1. The van der Waals surface area contributed by atoms with E-state index in [1.165, 1.54) is 0 Å². The second-order valence-electron chi connectivity index (χ2n) is 7.75. The standard InChI is InChI=1S/C22H22BrNO4/c1-22(2)17-7-5-14(28-11-13(26)10-25)9-16(17)20(27)19-15-6-4-12(23)8-18(15)24(3)21(19)22/h4-9,13,25-26H,10-11H2,1-3H3/t13-/m1/s1. The first kappa shape index (κ1) is 19.2. The summed E-state index contributed by atoms with van der Waals surface area (Å²) in [6, 6.07) is 11.4. The van der Waals surface area contributed by atoms with E-state index in [4.69, 9.17) is 9.84 Å². The molecule has 0 fully saturated rings. The molecule has 0 amide bonds. The van der Waals surface area contributed by atoms with E-state index in [-0.39, 0.29) is 24.4 Å². The molecule has 5 nitrogen and oxygen atoms in total. The van der Waals surface area contributed by atoms with Crippen molar-refractivity contribution >= 4 is 32.6 Å². The number of ketones is 1. The average molecular weight is 444 g/mol. The number of aliphatic hydroxyl groups is 2. The van der Waals surface area contributed by atoms with Gasteiger partial charge in [-0.1, -0.05) is 41.9 Å². The van der Waals surface area contributed by atoms with Gasteiger partial charge in [0.25, 0.3) is 0 Å². The van der Waals surface area contributed by atoms with Gasteiger partial charge in [0.2, 0.25) is 0 Å². The summed E-state index contributed by atoms with van der Waals surface area (Å²) in [5, 5.41) is 19.4. The van der Waals surface area contributed by atoms with Gasteiger partial charge in [0.15, 0.2) is 5.78 Å². The smallest absolute Gasteiger partial charge is 0.195 e. The number of halogens is 1. The maximum atomic E-state index is 13.5. The van der Waals surface area contributed by atoms with E-state index in [1.54, 1.807) is 6.07 Å². The molecule has 6 heteroatoms. The van der Waals surface area contributed by atoms with Crippen LogP contribution in [0.4, 0.5) is 0 Å². The van der Waals surface area contributed by atoms with Crippen LogP contribution in [0.3, 0.4) is 0 Å². The minimum atomic E-state index is -0.953. The van der Waals surface area contributed by atoms with E-state index in [1.807, 2.05) is 37.4 Å². The van der Waals surface area contributed by atoms with Crippen LogP contribution in [0, 0.1) is 0 Å². The molecule has 1 aromatic heterocycles. The number of fused-ring (bicyclic) bond motifs is 4. The molecule has 0 bridgehead atoms. The number of carbonyl (C=O) groups is 1. The number of aryl methyl sites for hydroxylation is 1. The Morgan fingerprint density at radius 1 is 1.21 bits per heavy atom. The fourth-order valence-corrected chi connectivity index (χ4v) is 4.57. The lowest BCUT2D eigenvalue weighted by atomic mass is 9.71. The minimum absolute atomic E-state index is 0.0228. The van der Waals surface area contributed by atoms with Crippen LogP contribution >= 0.6 is 15.9 Å². The average Bonchev–Trinajstić information content (AvgIpc) is 2.97. The summed E-state index contributed by atoms with van der Waals surface area (Å²) in [6.07, 6.45) is -0.953. The van der Waals surface area contributed by atoms with Gasteiger partial charge in [0.1, 0.15) is 18.5 Å². The normalized spacial score (nSPS) is 16.0. The SMILES string of the molecule is Cn1c2c(c3ccc(Br)cc31)C(=O)c1cc(OC[C@H](O)CO)ccc1C2(C)C. The third-order valence-electron chi connectivity index (χ3n) is 5.54. The maximum Gasteiger partial charge on any atom is 0.195 e. The molecule has 146 valence electrons. The molecule has 3 aromatic rings. The van der Waals surface area contributed by atoms with E-state index in [2.05, 4.69) is 34.3 Å². The fourth-order valence-electron chi connectivity index (χ4n) is 4.22.